The molecule has 0 spiro atoms. The molecule has 0 aliphatic carbocycles. The molecule has 0 bridgehead atoms. The molecule has 0 saturated carbocycles. The predicted molar refractivity (Wildman–Crippen MR) is 86.3 cm³/mol. The highest BCUT2D eigenvalue weighted by Gasteiger charge is 2.47. The number of phosphoric acid groups is 2. The fourth-order valence-electron chi connectivity index (χ4n) is 1.49. The van der Waals surface area contributed by atoms with Crippen LogP contribution in [-0.4, -0.2) is 65.8 Å². The van der Waals surface area contributed by atoms with Crippen molar-refractivity contribution in [2.45, 2.75) is 26.1 Å². The van der Waals surface area contributed by atoms with Crippen LogP contribution in [0.4, 0.5) is 0 Å². The Kier molecular flexibility index (Phi) is 11.4. The molecular formula is C12H24O12P2. The minimum absolute atomic E-state index is 0.106. The zero-order valence-corrected chi connectivity index (χ0v) is 17.2. The maximum atomic E-state index is 12.2. The van der Waals surface area contributed by atoms with Crippen LogP contribution in [0.1, 0.15) is 13.8 Å². The molecule has 0 aliphatic heterocycles. The summed E-state index contributed by atoms with van der Waals surface area (Å²) in [6.07, 6.45) is -4.03. The van der Waals surface area contributed by atoms with Crippen molar-refractivity contribution >= 4 is 27.6 Å². The lowest BCUT2D eigenvalue weighted by atomic mass is 10.2. The fraction of sp³-hybridized carbons (Fsp3) is 0.833. The van der Waals surface area contributed by atoms with Gasteiger partial charge >= 0.3 is 27.6 Å². The molecule has 0 aromatic rings. The van der Waals surface area contributed by atoms with Crippen molar-refractivity contribution in [3.8, 4) is 0 Å². The van der Waals surface area contributed by atoms with Crippen molar-refractivity contribution in [2.75, 3.05) is 41.7 Å². The van der Waals surface area contributed by atoms with Crippen LogP contribution in [0.5, 0.6) is 0 Å². The van der Waals surface area contributed by atoms with E-state index in [0.717, 1.165) is 28.4 Å². The van der Waals surface area contributed by atoms with Crippen molar-refractivity contribution < 1.29 is 55.3 Å². The van der Waals surface area contributed by atoms with Crippen molar-refractivity contribution in [2.24, 2.45) is 0 Å². The first kappa shape index (κ1) is 25.2. The number of rotatable bonds is 13. The SMILES string of the molecule is CCOC(=O)C(OP(=O)(OC)OC)C(OP(=O)(OC)OC)C(=O)OCC. The third-order valence-corrected chi connectivity index (χ3v) is 5.45. The number of phosphoric ester groups is 2. The average Bonchev–Trinajstić information content (AvgIpc) is 2.64. The Labute approximate surface area is 151 Å². The number of ether oxygens (including phenoxy) is 2. The normalized spacial score (nSPS) is 14.5. The van der Waals surface area contributed by atoms with Crippen LogP contribution in [-0.2, 0) is 55.3 Å². The zero-order chi connectivity index (χ0) is 20.4. The van der Waals surface area contributed by atoms with Gasteiger partial charge in [0.25, 0.3) is 0 Å². The van der Waals surface area contributed by atoms with Gasteiger partial charge in [0.05, 0.1) is 13.2 Å². The van der Waals surface area contributed by atoms with E-state index in [0.29, 0.717) is 0 Å². The van der Waals surface area contributed by atoms with E-state index >= 15 is 0 Å². The number of carbonyl (C=O) groups is 2. The van der Waals surface area contributed by atoms with E-state index in [-0.39, 0.29) is 13.2 Å². The van der Waals surface area contributed by atoms with Crippen LogP contribution in [0.15, 0.2) is 0 Å². The van der Waals surface area contributed by atoms with E-state index in [4.69, 9.17) is 18.5 Å². The van der Waals surface area contributed by atoms with Gasteiger partial charge in [-0.1, -0.05) is 0 Å². The van der Waals surface area contributed by atoms with Crippen LogP contribution in [0.3, 0.4) is 0 Å². The minimum Gasteiger partial charge on any atom is -0.464 e. The molecule has 0 fully saturated rings. The summed E-state index contributed by atoms with van der Waals surface area (Å²) in [7, 11) is -4.59. The predicted octanol–water partition coefficient (Wildman–Crippen LogP) is 1.68. The highest BCUT2D eigenvalue weighted by molar-refractivity contribution is 7.48. The fourth-order valence-corrected chi connectivity index (χ4v) is 3.08. The Morgan fingerprint density at radius 2 is 0.962 bits per heavy atom. The lowest BCUT2D eigenvalue weighted by molar-refractivity contribution is -0.170. The van der Waals surface area contributed by atoms with E-state index in [1.54, 1.807) is 0 Å². The highest BCUT2D eigenvalue weighted by atomic mass is 31.2. The molecule has 0 rings (SSSR count). The summed E-state index contributed by atoms with van der Waals surface area (Å²) in [6, 6.07) is 0. The molecule has 0 aromatic carbocycles. The van der Waals surface area contributed by atoms with Crippen LogP contribution >= 0.6 is 15.6 Å². The third kappa shape index (κ3) is 7.42. The standard InChI is InChI=1S/C12H24O12P2/c1-7-21-11(13)9(23-25(15,17-3)18-4)10(12(14)22-8-2)24-26(16,19-5)20-6/h9-10H,7-8H2,1-6H3. The molecule has 26 heavy (non-hydrogen) atoms. The summed E-state index contributed by atoms with van der Waals surface area (Å²) >= 11 is 0. The average molecular weight is 422 g/mol. The van der Waals surface area contributed by atoms with Crippen LogP contribution in [0, 0.1) is 0 Å². The first-order valence-electron chi connectivity index (χ1n) is 7.28. The van der Waals surface area contributed by atoms with E-state index in [2.05, 4.69) is 18.1 Å². The Bertz CT molecular complexity index is 486. The van der Waals surface area contributed by atoms with Crippen molar-refractivity contribution in [1.82, 2.24) is 0 Å². The van der Waals surface area contributed by atoms with Gasteiger partial charge in [0.15, 0.2) is 0 Å². The summed E-state index contributed by atoms with van der Waals surface area (Å²) in [4.78, 5) is 24.5. The summed E-state index contributed by atoms with van der Waals surface area (Å²) in [5.74, 6) is -2.34. The molecule has 2 unspecified atom stereocenters. The van der Waals surface area contributed by atoms with Gasteiger partial charge in [-0.2, -0.15) is 0 Å². The molecule has 2 atom stereocenters. The van der Waals surface area contributed by atoms with Crippen LogP contribution in [0.25, 0.3) is 0 Å². The van der Waals surface area contributed by atoms with Gasteiger partial charge in [0.1, 0.15) is 0 Å². The highest BCUT2D eigenvalue weighted by Crippen LogP contribution is 2.53. The molecule has 12 nitrogen and oxygen atoms in total. The second-order valence-electron chi connectivity index (χ2n) is 4.18. The number of carbonyl (C=O) groups excluding carboxylic acids is 2. The maximum absolute atomic E-state index is 12.2. The van der Waals surface area contributed by atoms with Crippen LogP contribution in [0.2, 0.25) is 0 Å². The van der Waals surface area contributed by atoms with E-state index in [1.807, 2.05) is 0 Å². The molecule has 14 heteroatoms. The summed E-state index contributed by atoms with van der Waals surface area (Å²) in [5, 5.41) is 0. The summed E-state index contributed by atoms with van der Waals surface area (Å²) in [6.45, 7) is 2.75. The molecule has 0 N–H and O–H groups in total. The Morgan fingerprint density at radius 3 is 1.15 bits per heavy atom. The molecular weight excluding hydrogens is 398 g/mol. The van der Waals surface area contributed by atoms with Crippen molar-refractivity contribution in [3.05, 3.63) is 0 Å². The number of esters is 2. The van der Waals surface area contributed by atoms with Gasteiger partial charge in [-0.25, -0.2) is 18.7 Å². The van der Waals surface area contributed by atoms with Crippen LogP contribution < -0.4 is 0 Å². The van der Waals surface area contributed by atoms with Gasteiger partial charge < -0.3 is 9.47 Å². The quantitative estimate of drug-likeness (QED) is 0.315. The Hall–Kier alpha value is -0.840. The number of hydrogen-bond acceptors (Lipinski definition) is 12. The summed E-state index contributed by atoms with van der Waals surface area (Å²) in [5.41, 5.74) is 0. The van der Waals surface area contributed by atoms with Gasteiger partial charge in [-0.05, 0) is 13.8 Å². The maximum Gasteiger partial charge on any atom is 0.475 e. The summed E-state index contributed by atoms with van der Waals surface area (Å²) < 4.78 is 62.4. The van der Waals surface area contributed by atoms with Gasteiger partial charge in [-0.15, -0.1) is 0 Å². The largest absolute Gasteiger partial charge is 0.475 e. The second-order valence-corrected chi connectivity index (χ2v) is 7.85. The van der Waals surface area contributed by atoms with Crippen molar-refractivity contribution in [1.29, 1.82) is 0 Å². The Balaban J connectivity index is 5.97. The van der Waals surface area contributed by atoms with E-state index < -0.39 is 39.8 Å². The molecule has 0 saturated heterocycles. The lowest BCUT2D eigenvalue weighted by Gasteiger charge is -2.27. The molecule has 0 aliphatic rings. The Morgan fingerprint density at radius 1 is 0.692 bits per heavy atom. The van der Waals surface area contributed by atoms with Gasteiger partial charge in [-0.3, -0.25) is 27.1 Å². The number of hydrogen-bond donors (Lipinski definition) is 0. The van der Waals surface area contributed by atoms with E-state index in [1.165, 1.54) is 13.8 Å². The molecule has 0 aromatic heterocycles. The van der Waals surface area contributed by atoms with Gasteiger partial charge in [0.2, 0.25) is 12.2 Å². The molecule has 0 radical (unpaired) electrons. The van der Waals surface area contributed by atoms with Crippen molar-refractivity contribution in [3.63, 3.8) is 0 Å². The monoisotopic (exact) mass is 422 g/mol. The lowest BCUT2D eigenvalue weighted by Crippen LogP contribution is -2.44. The molecule has 0 amide bonds. The molecule has 0 heterocycles. The minimum atomic E-state index is -4.27. The third-order valence-electron chi connectivity index (χ3n) is 2.69. The second kappa shape index (κ2) is 11.8. The zero-order valence-electron chi connectivity index (χ0n) is 15.4. The van der Waals surface area contributed by atoms with Gasteiger partial charge in [0, 0.05) is 28.4 Å². The first-order valence-corrected chi connectivity index (χ1v) is 10.2. The molecule has 154 valence electrons. The smallest absolute Gasteiger partial charge is 0.464 e. The topological polar surface area (TPSA) is 142 Å². The first-order chi connectivity index (χ1) is 12.2. The van der Waals surface area contributed by atoms with E-state index in [9.17, 15) is 18.7 Å².